The summed E-state index contributed by atoms with van der Waals surface area (Å²) in [6.45, 7) is 25.8. The van der Waals surface area contributed by atoms with Crippen LogP contribution in [0.25, 0.3) is 43.6 Å². The average molecular weight is 2040 g/mol. The van der Waals surface area contributed by atoms with Crippen molar-refractivity contribution in [3.63, 3.8) is 0 Å². The number of nitrogens with two attached hydrogens (primary N) is 1. The van der Waals surface area contributed by atoms with Gasteiger partial charge in [-0.3, -0.25) is 52.6 Å². The number of hydrogen-bond donors (Lipinski definition) is 8. The van der Waals surface area contributed by atoms with Crippen LogP contribution in [0.1, 0.15) is 160 Å². The molecule has 3 amide bonds. The lowest BCUT2D eigenvalue weighted by atomic mass is 10.1. The molecule has 0 radical (unpaired) electrons. The number of halogens is 5. The molecule has 12 heterocycles. The average Bonchev–Trinajstić information content (AvgIpc) is 1.58. The first kappa shape index (κ1) is 107. The highest BCUT2D eigenvalue weighted by molar-refractivity contribution is 9.10. The molecule has 14 aromatic rings. The number of aryl methyl sites for hydroxylation is 5. The molecule has 4 aromatic carbocycles. The number of fused-ring (bicyclic) bond motifs is 4. The number of nitrogens with one attached hydrogen (secondary N) is 6. The molecule has 2 fully saturated rings. The molecule has 0 bridgehead atoms. The predicted octanol–water partition coefficient (Wildman–Crippen LogP) is 17.0. The Balaban J connectivity index is 0.000000193. The minimum absolute atomic E-state index is 0. The Morgan fingerprint density at radius 2 is 0.935 bits per heavy atom. The van der Waals surface area contributed by atoms with Gasteiger partial charge in [-0.2, -0.15) is 10.2 Å². The van der Waals surface area contributed by atoms with Crippen molar-refractivity contribution in [3.8, 4) is 0 Å². The number of carboxylic acids is 1. The van der Waals surface area contributed by atoms with Crippen LogP contribution >= 0.6 is 44.3 Å². The van der Waals surface area contributed by atoms with Crippen LogP contribution in [0.3, 0.4) is 0 Å². The van der Waals surface area contributed by atoms with Gasteiger partial charge in [0, 0.05) is 117 Å². The molecule has 2 saturated heterocycles. The zero-order chi connectivity index (χ0) is 98.7. The van der Waals surface area contributed by atoms with Crippen LogP contribution in [-0.4, -0.2) is 191 Å². The number of anilines is 9. The lowest BCUT2D eigenvalue weighted by Crippen LogP contribution is -2.44. The van der Waals surface area contributed by atoms with E-state index in [9.17, 15) is 56.7 Å². The monoisotopic (exact) mass is 2030 g/mol. The second-order valence-corrected chi connectivity index (χ2v) is 35.5. The normalized spacial score (nSPS) is 14.1. The Morgan fingerprint density at radius 1 is 0.493 bits per heavy atom. The number of nitrogen functional groups attached to an aromatic ring is 1. The van der Waals surface area contributed by atoms with E-state index < -0.39 is 53.4 Å². The number of carbonyl (C=O) groups excluding carboxylic acids is 9. The summed E-state index contributed by atoms with van der Waals surface area (Å²) in [5.74, 6) is 0.117. The quantitative estimate of drug-likeness (QED) is 0.0177. The van der Waals surface area contributed by atoms with Crippen molar-refractivity contribution in [3.05, 3.63) is 237 Å². The highest BCUT2D eigenvalue weighted by atomic mass is 79.9. The molecule has 0 spiro atoms. The molecule has 0 aliphatic carbocycles. The summed E-state index contributed by atoms with van der Waals surface area (Å²) in [4.78, 5) is 155. The molecular formula is C97H108Br2ClF2N23O13. The fourth-order valence-corrected chi connectivity index (χ4v) is 15.0. The van der Waals surface area contributed by atoms with Gasteiger partial charge >= 0.3 is 17.9 Å². The molecule has 16 rings (SSSR count). The van der Waals surface area contributed by atoms with Crippen molar-refractivity contribution in [2.45, 2.75) is 186 Å². The standard InChI is InChI=1S/C27H25BrFN7O3.C21H24N4O3.C17H16N4O3.C16H20N2O3.C10H11BrFN3O.C5H7N3.CH4.ClH/c1-15-6-9-25(34-33-15)30-18-7-8-21-19(11-18)20(16(2)37)13-35(21)14-26(38)36-12-17(29)10-22(36)27(39)32-24-5-3-4-23(28)31-24;1-13(26)18-11-25(12-20(27)28-21(3,4)5)19-7-6-15(8-17(18)19)24-16-9-22-14(2)23-10-16;1-10(22)15-8-21(9-17(23)24)16-4-3-12(5-14(15)16)20-13-6-18-11(2)19-7-13;1-10-6-7-13-12(8-10)15(11(2)19)17-18(13)9-14(20)21-16(3,4)5;11-8-2-1-3-9(14-8)15-10(16)7-4-6(12)5-13-7;1-4-7-2-5(6)3-8-4;;/h3-9,11,13,17,22H,10,12,14H2,1-2H3,(H,30,34)(H,31,32,39);6-11,24H,12H2,1-5H3;3-8,20H,9H2,1-2H3,(H,23,24);6-8H,9H2,1-5H3;1-3,6-7,13H,4-5H2,(H,14,15,16);2-3H,6H2,1H3;1H4;1H/t17-,22+;;;;6-,7+;;;/m1...1.../s1. The van der Waals surface area contributed by atoms with E-state index in [1.54, 1.807) is 131 Å². The van der Waals surface area contributed by atoms with Crippen molar-refractivity contribution >= 4 is 198 Å². The van der Waals surface area contributed by atoms with Gasteiger partial charge in [0.1, 0.15) is 99.8 Å². The maximum absolute atomic E-state index is 14.4. The Labute approximate surface area is 817 Å². The number of carboxylic acid groups (broad SMARTS) is 1. The Hall–Kier alpha value is -14.6. The fourth-order valence-electron chi connectivity index (χ4n) is 14.3. The third kappa shape index (κ3) is 30.4. The van der Waals surface area contributed by atoms with Gasteiger partial charge in [0.05, 0.1) is 78.0 Å². The molecule has 2 aliphatic heterocycles. The van der Waals surface area contributed by atoms with Crippen LogP contribution in [0.15, 0.2) is 186 Å². The van der Waals surface area contributed by atoms with E-state index >= 15 is 0 Å². The van der Waals surface area contributed by atoms with Crippen LogP contribution in [0.5, 0.6) is 0 Å². The largest absolute Gasteiger partial charge is 0.480 e. The van der Waals surface area contributed by atoms with Gasteiger partial charge in [0.2, 0.25) is 17.7 Å². The van der Waals surface area contributed by atoms with Gasteiger partial charge < -0.3 is 70.8 Å². The number of ketones is 4. The lowest BCUT2D eigenvalue weighted by molar-refractivity contribution is -0.156. The van der Waals surface area contributed by atoms with Gasteiger partial charge in [0.25, 0.3) is 0 Å². The molecular weight excluding hydrogens is 1930 g/mol. The first-order valence-electron chi connectivity index (χ1n) is 42.8. The number of amides is 3. The molecule has 4 atom stereocenters. The molecule has 724 valence electrons. The topological polar surface area (TPSA) is 472 Å². The summed E-state index contributed by atoms with van der Waals surface area (Å²) in [7, 11) is 0. The SMILES string of the molecule is C.CC(=O)c1cn(CC(=O)N2C[C@H](F)C[C@H]2C(=O)Nc2cccc(Br)n2)c2ccc(Nc3ccc(C)nn3)cc12.CC(=O)c1cn(CC(=O)O)c2ccc(Nc3cnc(C)nc3)cc12.CC(=O)c1cn(CC(=O)OC(C)(C)C)c2ccc(Nc3cnc(C)nc3)cc12.CC(=O)c1nn(CC(=O)OC(C)(C)C)c2ccc(C)cc12.Cc1ncc(N)cn1.Cl.O=C(Nc1cccc(Br)n1)[C@@H]1C[C@@H](F)CN1. The third-order valence-corrected chi connectivity index (χ3v) is 21.1. The molecule has 138 heavy (non-hydrogen) atoms. The third-order valence-electron chi connectivity index (χ3n) is 20.3. The van der Waals surface area contributed by atoms with Crippen molar-refractivity contribution in [1.82, 2.24) is 83.8 Å². The van der Waals surface area contributed by atoms with Crippen molar-refractivity contribution in [2.75, 3.05) is 45.4 Å². The number of likely N-dealkylation sites (tertiary alicyclic amines) is 1. The molecule has 2 aliphatic rings. The number of benzene rings is 4. The number of Topliss-reactive ketones (excluding diaryl/α,β-unsaturated/α-hetero) is 4. The van der Waals surface area contributed by atoms with E-state index in [2.05, 4.69) is 119 Å². The van der Waals surface area contributed by atoms with Crippen molar-refractivity contribution < 1.29 is 71.3 Å². The summed E-state index contributed by atoms with van der Waals surface area (Å²) in [6.07, 6.45) is 12.7. The number of ether oxygens (including phenoxy) is 2. The molecule has 36 nitrogen and oxygen atoms in total. The van der Waals surface area contributed by atoms with E-state index in [-0.39, 0.29) is 113 Å². The zero-order valence-electron chi connectivity index (χ0n) is 77.7. The predicted molar refractivity (Wildman–Crippen MR) is 532 cm³/mol. The molecule has 9 N–H and O–H groups in total. The second-order valence-electron chi connectivity index (χ2n) is 33.9. The molecule has 41 heteroatoms. The van der Waals surface area contributed by atoms with Crippen LogP contribution < -0.4 is 37.6 Å². The van der Waals surface area contributed by atoms with Crippen molar-refractivity contribution in [2.24, 2.45) is 0 Å². The van der Waals surface area contributed by atoms with E-state index in [1.807, 2.05) is 136 Å². The van der Waals surface area contributed by atoms with Crippen LogP contribution in [0.2, 0.25) is 0 Å². The van der Waals surface area contributed by atoms with Gasteiger partial charge in [-0.1, -0.05) is 31.2 Å². The first-order valence-corrected chi connectivity index (χ1v) is 44.4. The number of pyridine rings is 2. The summed E-state index contributed by atoms with van der Waals surface area (Å²) in [5.41, 5.74) is 15.2. The Kier molecular flexibility index (Phi) is 37.0. The minimum Gasteiger partial charge on any atom is -0.480 e. The summed E-state index contributed by atoms with van der Waals surface area (Å²) in [6, 6.07) is 34.7. The molecule has 10 aromatic heterocycles. The summed E-state index contributed by atoms with van der Waals surface area (Å²) >= 11 is 6.46. The molecule has 0 unspecified atom stereocenters. The number of hydrogen-bond acceptors (Lipinski definition) is 28. The second kappa shape index (κ2) is 47.7. The number of aromatic nitrogens is 15. The van der Waals surface area contributed by atoms with Crippen molar-refractivity contribution in [1.29, 1.82) is 0 Å². The van der Waals surface area contributed by atoms with Gasteiger partial charge in [0.15, 0.2) is 29.0 Å². The van der Waals surface area contributed by atoms with Crippen LogP contribution in [-0.2, 0) is 64.4 Å². The summed E-state index contributed by atoms with van der Waals surface area (Å²) < 4.78 is 45.7. The Morgan fingerprint density at radius 3 is 1.36 bits per heavy atom. The number of aliphatic carboxylic acids is 1. The van der Waals surface area contributed by atoms with Crippen LogP contribution in [0.4, 0.5) is 60.4 Å². The summed E-state index contributed by atoms with van der Waals surface area (Å²) in [5, 5.41) is 42.0. The smallest absolute Gasteiger partial charge is 0.328 e. The van der Waals surface area contributed by atoms with Gasteiger partial charge in [-0.05, 0) is 232 Å². The maximum Gasteiger partial charge on any atom is 0.328 e. The van der Waals surface area contributed by atoms with Gasteiger partial charge in [-0.25, -0.2) is 48.7 Å². The first-order chi connectivity index (χ1) is 64.3. The number of carbonyl (C=O) groups is 10. The number of alkyl halides is 2. The highest BCUT2D eigenvalue weighted by Crippen LogP contribution is 2.33. The zero-order valence-corrected chi connectivity index (χ0v) is 81.7. The van der Waals surface area contributed by atoms with E-state index in [4.69, 9.17) is 20.3 Å². The lowest BCUT2D eigenvalue weighted by Gasteiger charge is -2.24. The van der Waals surface area contributed by atoms with Crippen LogP contribution in [0, 0.1) is 34.6 Å². The number of esters is 2. The number of rotatable bonds is 22. The number of nitrogens with zero attached hydrogens (tertiary/aromatic N) is 16. The highest BCUT2D eigenvalue weighted by Gasteiger charge is 2.40. The molecule has 0 saturated carbocycles. The fraction of sp³-hybridized carbons (Fsp3) is 0.309. The Bertz CT molecular complexity index is 6750. The minimum atomic E-state index is -1.33. The van der Waals surface area contributed by atoms with E-state index in [1.165, 1.54) is 37.3 Å². The van der Waals surface area contributed by atoms with E-state index in [0.29, 0.717) is 93.9 Å². The van der Waals surface area contributed by atoms with Gasteiger partial charge in [-0.15, -0.1) is 17.5 Å². The maximum atomic E-state index is 14.4. The van der Waals surface area contributed by atoms with E-state index in [0.717, 1.165) is 61.6 Å².